The lowest BCUT2D eigenvalue weighted by Crippen LogP contribution is -2.44. The summed E-state index contributed by atoms with van der Waals surface area (Å²) in [5, 5.41) is 0. The van der Waals surface area contributed by atoms with E-state index in [2.05, 4.69) is 0 Å². The van der Waals surface area contributed by atoms with E-state index in [1.807, 2.05) is 0 Å². The van der Waals surface area contributed by atoms with Crippen LogP contribution in [0.4, 0.5) is 0 Å². The molecule has 4 aliphatic heterocycles. The fourth-order valence-electron chi connectivity index (χ4n) is 8.02. The molecule has 0 aliphatic carbocycles. The molecule has 4 aliphatic rings. The molecule has 12 atom stereocenters. The number of carbonyl (C=O) groups excluding carboxylic acids is 5. The van der Waals surface area contributed by atoms with Crippen molar-refractivity contribution in [2.24, 2.45) is 0 Å². The third kappa shape index (κ3) is 10.8. The highest BCUT2D eigenvalue weighted by Gasteiger charge is 2.60. The molecule has 0 radical (unpaired) electrons. The van der Waals surface area contributed by atoms with E-state index in [-0.39, 0.29) is 46.6 Å². The lowest BCUT2D eigenvalue weighted by atomic mass is 10.1. The van der Waals surface area contributed by atoms with Crippen LogP contribution in [0.15, 0.2) is 152 Å². The summed E-state index contributed by atoms with van der Waals surface area (Å²) < 4.78 is 72.4. The van der Waals surface area contributed by atoms with Gasteiger partial charge in [-0.05, 0) is 60.7 Å². The summed E-state index contributed by atoms with van der Waals surface area (Å²) in [4.78, 5) is 68.2. The van der Waals surface area contributed by atoms with E-state index in [1.54, 1.807) is 140 Å². The Labute approximate surface area is 389 Å². The first-order valence-electron chi connectivity index (χ1n) is 21.9. The smallest absolute Gasteiger partial charge is 0.338 e. The lowest BCUT2D eigenvalue weighted by Gasteiger charge is -2.26. The minimum atomic E-state index is -1.53. The number of methoxy groups -OCH3 is 1. The number of rotatable bonds is 18. The minimum Gasteiger partial charge on any atom is -0.459 e. The first-order chi connectivity index (χ1) is 33.2. The standard InChI is InChI=1S/C51H46O17/c1-57-49-41-38(64-41)36(61-49)28-59-51-43(68-48(56)34-25-15-6-16-26-34)40(66-46(54)32-21-11-4-12-22-32)37(63-51)29-60-50-42(67-47(55)33-23-13-5-14-24-33)39(65-45(53)31-19-9-3-10-20-31)35(62-50)27-58-44(52)30-17-7-2-8-18-30/h2-26,35-43,49-51H,27-29H2,1H3/t35-,36-,37-,38+,39-,40-,41+,42+,43+,49+,50+,51+/m1/s1. The first-order valence-corrected chi connectivity index (χ1v) is 21.9. The highest BCUT2D eigenvalue weighted by molar-refractivity contribution is 5.92. The number of carbonyl (C=O) groups is 5. The zero-order valence-corrected chi connectivity index (χ0v) is 36.4. The molecule has 68 heavy (non-hydrogen) atoms. The maximum atomic E-state index is 13.8. The molecule has 5 aromatic carbocycles. The van der Waals surface area contributed by atoms with Gasteiger partial charge in [-0.15, -0.1) is 0 Å². The Morgan fingerprint density at radius 3 is 1.06 bits per heavy atom. The number of benzene rings is 5. The molecule has 0 unspecified atom stereocenters. The third-order valence-electron chi connectivity index (χ3n) is 11.5. The van der Waals surface area contributed by atoms with Crippen LogP contribution in [-0.4, -0.2) is 131 Å². The van der Waals surface area contributed by atoms with E-state index in [1.165, 1.54) is 19.2 Å². The SMILES string of the molecule is CO[C@H]1O[C@H](CO[C@H]2O[C@H](CO[C@H]3O[C@H](COC(=O)c4ccccc4)[C@@H](OC(=O)c4ccccc4)[C@@H]3OC(=O)c3ccccc3)[C@@H](OC(=O)c3ccccc3)[C@@H]2OC(=O)c2ccccc2)[C@@H]2O[C@H]12. The van der Waals surface area contributed by atoms with E-state index in [0.29, 0.717) is 0 Å². The van der Waals surface area contributed by atoms with Gasteiger partial charge in [0.15, 0.2) is 43.3 Å². The molecule has 17 heteroatoms. The zero-order valence-electron chi connectivity index (χ0n) is 36.4. The quantitative estimate of drug-likeness (QED) is 0.0617. The second-order valence-electron chi connectivity index (χ2n) is 16.0. The zero-order chi connectivity index (χ0) is 47.0. The summed E-state index contributed by atoms with van der Waals surface area (Å²) in [7, 11) is 1.50. The summed E-state index contributed by atoms with van der Waals surface area (Å²) in [6.07, 6.45) is -12.8. The van der Waals surface area contributed by atoms with Crippen molar-refractivity contribution in [3.63, 3.8) is 0 Å². The summed E-state index contributed by atoms with van der Waals surface area (Å²) in [6.45, 7) is -1.05. The third-order valence-corrected chi connectivity index (χ3v) is 11.5. The average Bonchev–Trinajstić information content (AvgIpc) is 3.89. The van der Waals surface area contributed by atoms with Crippen LogP contribution in [0.2, 0.25) is 0 Å². The highest BCUT2D eigenvalue weighted by Crippen LogP contribution is 2.40. The number of hydrogen-bond donors (Lipinski definition) is 0. The normalized spacial score (nSPS) is 27.9. The van der Waals surface area contributed by atoms with Gasteiger partial charge >= 0.3 is 29.8 Å². The number of epoxide rings is 1. The predicted octanol–water partition coefficient (Wildman–Crippen LogP) is 5.37. The molecule has 4 saturated heterocycles. The molecular weight excluding hydrogens is 885 g/mol. The van der Waals surface area contributed by atoms with E-state index in [4.69, 9.17) is 56.8 Å². The van der Waals surface area contributed by atoms with Crippen molar-refractivity contribution >= 4 is 29.8 Å². The van der Waals surface area contributed by atoms with Crippen LogP contribution in [0, 0.1) is 0 Å². The van der Waals surface area contributed by atoms with Crippen molar-refractivity contribution in [2.45, 2.75) is 73.8 Å². The van der Waals surface area contributed by atoms with Gasteiger partial charge in [-0.2, -0.15) is 0 Å². The van der Waals surface area contributed by atoms with Gasteiger partial charge < -0.3 is 56.8 Å². The molecule has 4 heterocycles. The van der Waals surface area contributed by atoms with E-state index >= 15 is 0 Å². The number of fused-ring (bicyclic) bond motifs is 1. The van der Waals surface area contributed by atoms with E-state index in [9.17, 15) is 24.0 Å². The molecule has 9 rings (SSSR count). The van der Waals surface area contributed by atoms with Crippen LogP contribution < -0.4 is 0 Å². The van der Waals surface area contributed by atoms with E-state index in [0.717, 1.165) is 0 Å². The molecule has 0 spiro atoms. The van der Waals surface area contributed by atoms with Gasteiger partial charge in [-0.1, -0.05) is 91.0 Å². The van der Waals surface area contributed by atoms with Gasteiger partial charge in [0.1, 0.15) is 37.1 Å². The topological polar surface area (TPSA) is 199 Å². The Balaban J connectivity index is 1.01. The van der Waals surface area contributed by atoms with Gasteiger partial charge in [0.2, 0.25) is 0 Å². The number of esters is 5. The van der Waals surface area contributed by atoms with Crippen LogP contribution in [0.5, 0.6) is 0 Å². The number of ether oxygens (including phenoxy) is 12. The molecule has 0 N–H and O–H groups in total. The predicted molar refractivity (Wildman–Crippen MR) is 233 cm³/mol. The van der Waals surface area contributed by atoms with Crippen molar-refractivity contribution < 1.29 is 80.8 Å². The Hall–Kier alpha value is -6.83. The molecule has 4 fully saturated rings. The van der Waals surface area contributed by atoms with Crippen LogP contribution in [0.1, 0.15) is 51.8 Å². The summed E-state index contributed by atoms with van der Waals surface area (Å²) in [6, 6.07) is 40.8. The van der Waals surface area contributed by atoms with Crippen molar-refractivity contribution in [3.8, 4) is 0 Å². The molecule has 0 amide bonds. The summed E-state index contributed by atoms with van der Waals surface area (Å²) in [5.74, 6) is -3.84. The fourth-order valence-corrected chi connectivity index (χ4v) is 8.02. The van der Waals surface area contributed by atoms with Gasteiger partial charge in [0.05, 0.1) is 41.0 Å². The Morgan fingerprint density at radius 2 is 0.691 bits per heavy atom. The molecule has 0 saturated carbocycles. The first kappa shape index (κ1) is 46.3. The molecular formula is C51H46O17. The van der Waals surface area contributed by atoms with E-state index < -0.39 is 105 Å². The molecule has 0 aromatic heterocycles. The van der Waals surface area contributed by atoms with Crippen LogP contribution in [0.3, 0.4) is 0 Å². The Bertz CT molecular complexity index is 2500. The molecule has 352 valence electrons. The maximum Gasteiger partial charge on any atom is 0.338 e. The van der Waals surface area contributed by atoms with Crippen LogP contribution >= 0.6 is 0 Å². The minimum absolute atomic E-state index is 0.0981. The second kappa shape index (κ2) is 21.4. The Kier molecular flexibility index (Phi) is 14.6. The van der Waals surface area contributed by atoms with Crippen LogP contribution in [-0.2, 0) is 56.8 Å². The summed E-state index contributed by atoms with van der Waals surface area (Å²) in [5.41, 5.74) is 0.986. The Morgan fingerprint density at radius 1 is 0.368 bits per heavy atom. The van der Waals surface area contributed by atoms with Gasteiger partial charge in [-0.25, -0.2) is 24.0 Å². The number of hydrogen-bond acceptors (Lipinski definition) is 17. The lowest BCUT2D eigenvalue weighted by molar-refractivity contribution is -0.222. The average molecular weight is 931 g/mol. The van der Waals surface area contributed by atoms with Crippen molar-refractivity contribution in [1.82, 2.24) is 0 Å². The molecule has 5 aromatic rings. The maximum absolute atomic E-state index is 13.8. The fraction of sp³-hybridized carbons (Fsp3) is 0.314. The van der Waals surface area contributed by atoms with Crippen LogP contribution in [0.25, 0.3) is 0 Å². The van der Waals surface area contributed by atoms with Crippen molar-refractivity contribution in [2.75, 3.05) is 26.9 Å². The molecule has 17 nitrogen and oxygen atoms in total. The van der Waals surface area contributed by atoms with Gasteiger partial charge in [0, 0.05) is 7.11 Å². The monoisotopic (exact) mass is 930 g/mol. The largest absolute Gasteiger partial charge is 0.459 e. The highest BCUT2D eigenvalue weighted by atomic mass is 16.8. The second-order valence-corrected chi connectivity index (χ2v) is 16.0. The van der Waals surface area contributed by atoms with Gasteiger partial charge in [0.25, 0.3) is 0 Å². The summed E-state index contributed by atoms with van der Waals surface area (Å²) >= 11 is 0. The molecule has 0 bridgehead atoms. The van der Waals surface area contributed by atoms with Crippen molar-refractivity contribution in [1.29, 1.82) is 0 Å². The van der Waals surface area contributed by atoms with Crippen molar-refractivity contribution in [3.05, 3.63) is 179 Å². The van der Waals surface area contributed by atoms with Gasteiger partial charge in [-0.3, -0.25) is 0 Å².